The van der Waals surface area contributed by atoms with Gasteiger partial charge in [-0.25, -0.2) is 8.42 Å². The molecule has 1 fully saturated rings. The number of amides is 1. The zero-order valence-corrected chi connectivity index (χ0v) is 15.6. The van der Waals surface area contributed by atoms with Gasteiger partial charge in [0.2, 0.25) is 10.0 Å². The molecule has 5 nitrogen and oxygen atoms in total. The number of carbonyl (C=O) groups is 1. The molecule has 1 N–H and O–H groups in total. The van der Waals surface area contributed by atoms with Gasteiger partial charge in [0.1, 0.15) is 0 Å². The molecule has 1 heterocycles. The average molecular weight is 412 g/mol. The summed E-state index contributed by atoms with van der Waals surface area (Å²) in [6.45, 7) is 0.367. The SMILES string of the molecule is O=C(NC1CCN(S(=O)(=O)c2ccccc2)CC1)c1ccccc1C(F)(F)F. The van der Waals surface area contributed by atoms with Gasteiger partial charge >= 0.3 is 6.18 Å². The number of halogens is 3. The molecular weight excluding hydrogens is 393 g/mol. The third-order valence-corrected chi connectivity index (χ3v) is 6.56. The summed E-state index contributed by atoms with van der Waals surface area (Å²) in [5.74, 6) is -0.808. The maximum atomic E-state index is 13.1. The third kappa shape index (κ3) is 4.36. The Kier molecular flexibility index (Phi) is 5.76. The van der Waals surface area contributed by atoms with Gasteiger partial charge in [-0.1, -0.05) is 30.3 Å². The Labute approximate surface area is 161 Å². The van der Waals surface area contributed by atoms with Crippen molar-refractivity contribution >= 4 is 15.9 Å². The first-order valence-corrected chi connectivity index (χ1v) is 10.2. The van der Waals surface area contributed by atoms with Crippen LogP contribution in [0.1, 0.15) is 28.8 Å². The molecule has 0 unspecified atom stereocenters. The smallest absolute Gasteiger partial charge is 0.349 e. The number of benzene rings is 2. The third-order valence-electron chi connectivity index (χ3n) is 4.65. The zero-order valence-electron chi connectivity index (χ0n) is 14.8. The molecule has 0 bridgehead atoms. The second-order valence-corrected chi connectivity index (χ2v) is 8.45. The summed E-state index contributed by atoms with van der Waals surface area (Å²) >= 11 is 0. The van der Waals surface area contributed by atoms with Gasteiger partial charge in [0, 0.05) is 19.1 Å². The minimum absolute atomic E-state index is 0.184. The molecule has 0 aliphatic carbocycles. The number of nitrogens with one attached hydrogen (secondary N) is 1. The Hall–Kier alpha value is -2.39. The first-order chi connectivity index (χ1) is 13.2. The van der Waals surface area contributed by atoms with Crippen molar-refractivity contribution in [2.75, 3.05) is 13.1 Å². The Bertz CT molecular complexity index is 938. The second kappa shape index (κ2) is 7.92. The molecule has 2 aromatic carbocycles. The van der Waals surface area contributed by atoms with Crippen LogP contribution in [0.3, 0.4) is 0 Å². The van der Waals surface area contributed by atoms with Crippen molar-refractivity contribution in [3.05, 3.63) is 65.7 Å². The number of hydrogen-bond donors (Lipinski definition) is 1. The lowest BCUT2D eigenvalue weighted by molar-refractivity contribution is -0.137. The molecule has 1 amide bonds. The van der Waals surface area contributed by atoms with E-state index in [9.17, 15) is 26.4 Å². The summed E-state index contributed by atoms with van der Waals surface area (Å²) < 4.78 is 65.8. The highest BCUT2D eigenvalue weighted by Gasteiger charge is 2.36. The van der Waals surface area contributed by atoms with Crippen LogP contribution in [-0.4, -0.2) is 37.8 Å². The molecule has 28 heavy (non-hydrogen) atoms. The zero-order chi connectivity index (χ0) is 20.4. The van der Waals surface area contributed by atoms with Crippen molar-refractivity contribution < 1.29 is 26.4 Å². The van der Waals surface area contributed by atoms with E-state index < -0.39 is 39.3 Å². The predicted molar refractivity (Wildman–Crippen MR) is 97.1 cm³/mol. The lowest BCUT2D eigenvalue weighted by Gasteiger charge is -2.31. The van der Waals surface area contributed by atoms with Crippen LogP contribution in [0.5, 0.6) is 0 Å². The van der Waals surface area contributed by atoms with Crippen LogP contribution in [0.25, 0.3) is 0 Å². The van der Waals surface area contributed by atoms with E-state index in [4.69, 9.17) is 0 Å². The minimum atomic E-state index is -4.62. The highest BCUT2D eigenvalue weighted by molar-refractivity contribution is 7.89. The van der Waals surface area contributed by atoms with E-state index in [1.807, 2.05) is 0 Å². The van der Waals surface area contributed by atoms with Crippen LogP contribution < -0.4 is 5.32 Å². The fraction of sp³-hybridized carbons (Fsp3) is 0.316. The summed E-state index contributed by atoms with van der Waals surface area (Å²) in [5, 5.41) is 2.60. The lowest BCUT2D eigenvalue weighted by Crippen LogP contribution is -2.46. The first kappa shape index (κ1) is 20.3. The monoisotopic (exact) mass is 412 g/mol. The summed E-state index contributed by atoms with van der Waals surface area (Å²) in [5.41, 5.74) is -1.43. The summed E-state index contributed by atoms with van der Waals surface area (Å²) in [6, 6.07) is 12.2. The number of sulfonamides is 1. The summed E-state index contributed by atoms with van der Waals surface area (Å²) in [4.78, 5) is 12.5. The van der Waals surface area contributed by atoms with Crippen LogP contribution in [0, 0.1) is 0 Å². The molecule has 0 atom stereocenters. The van der Waals surface area contributed by atoms with Gasteiger partial charge in [-0.05, 0) is 37.1 Å². The molecule has 1 aliphatic heterocycles. The highest BCUT2D eigenvalue weighted by atomic mass is 32.2. The maximum Gasteiger partial charge on any atom is 0.417 e. The van der Waals surface area contributed by atoms with Crippen LogP contribution in [0.4, 0.5) is 13.2 Å². The average Bonchev–Trinajstić information content (AvgIpc) is 2.68. The van der Waals surface area contributed by atoms with Gasteiger partial charge in [-0.2, -0.15) is 17.5 Å². The van der Waals surface area contributed by atoms with Gasteiger partial charge in [0.05, 0.1) is 16.0 Å². The molecule has 1 saturated heterocycles. The quantitative estimate of drug-likeness (QED) is 0.838. The Morgan fingerprint density at radius 3 is 2.14 bits per heavy atom. The standard InChI is InChI=1S/C19H19F3N2O3S/c20-19(21,22)17-9-5-4-8-16(17)18(25)23-14-10-12-24(13-11-14)28(26,27)15-6-2-1-3-7-15/h1-9,14H,10-13H2,(H,23,25). The number of alkyl halides is 3. The number of carbonyl (C=O) groups excluding carboxylic acids is 1. The van der Waals surface area contributed by atoms with Gasteiger partial charge in [-0.3, -0.25) is 4.79 Å². The van der Waals surface area contributed by atoms with E-state index in [0.717, 1.165) is 12.1 Å². The molecule has 9 heteroatoms. The van der Waals surface area contributed by atoms with E-state index in [-0.39, 0.29) is 18.0 Å². The van der Waals surface area contributed by atoms with Crippen molar-refractivity contribution in [3.63, 3.8) is 0 Å². The molecular formula is C19H19F3N2O3S. The van der Waals surface area contributed by atoms with E-state index in [1.165, 1.54) is 28.6 Å². The summed E-state index contributed by atoms with van der Waals surface area (Å²) in [6.07, 6.45) is -3.97. The van der Waals surface area contributed by atoms with E-state index >= 15 is 0 Å². The Morgan fingerprint density at radius 2 is 1.54 bits per heavy atom. The molecule has 0 saturated carbocycles. The maximum absolute atomic E-state index is 13.1. The van der Waals surface area contributed by atoms with Crippen LogP contribution in [0.15, 0.2) is 59.5 Å². The van der Waals surface area contributed by atoms with Crippen LogP contribution in [-0.2, 0) is 16.2 Å². The van der Waals surface area contributed by atoms with Crippen molar-refractivity contribution in [3.8, 4) is 0 Å². The lowest BCUT2D eigenvalue weighted by atomic mass is 10.0. The number of hydrogen-bond acceptors (Lipinski definition) is 3. The topological polar surface area (TPSA) is 66.5 Å². The fourth-order valence-corrected chi connectivity index (χ4v) is 4.66. The van der Waals surface area contributed by atoms with Gasteiger partial charge in [-0.15, -0.1) is 0 Å². The number of piperidine rings is 1. The van der Waals surface area contributed by atoms with Gasteiger partial charge in [0.15, 0.2) is 0 Å². The molecule has 1 aliphatic rings. The van der Waals surface area contributed by atoms with Crippen molar-refractivity contribution in [2.45, 2.75) is 30.0 Å². The van der Waals surface area contributed by atoms with E-state index in [1.54, 1.807) is 18.2 Å². The van der Waals surface area contributed by atoms with Crippen molar-refractivity contribution in [2.24, 2.45) is 0 Å². The molecule has 0 radical (unpaired) electrons. The van der Waals surface area contributed by atoms with Gasteiger partial charge in [0.25, 0.3) is 5.91 Å². The molecule has 3 rings (SSSR count). The molecule has 2 aromatic rings. The Morgan fingerprint density at radius 1 is 0.964 bits per heavy atom. The minimum Gasteiger partial charge on any atom is -0.349 e. The number of nitrogens with zero attached hydrogens (tertiary/aromatic N) is 1. The molecule has 0 spiro atoms. The largest absolute Gasteiger partial charge is 0.417 e. The van der Waals surface area contributed by atoms with Crippen LogP contribution >= 0.6 is 0 Å². The normalized spacial score (nSPS) is 16.7. The second-order valence-electron chi connectivity index (χ2n) is 6.51. The fourth-order valence-electron chi connectivity index (χ4n) is 3.17. The van der Waals surface area contributed by atoms with Gasteiger partial charge < -0.3 is 5.32 Å². The van der Waals surface area contributed by atoms with Crippen LogP contribution in [0.2, 0.25) is 0 Å². The van der Waals surface area contributed by atoms with E-state index in [2.05, 4.69) is 5.32 Å². The van der Waals surface area contributed by atoms with Crippen molar-refractivity contribution in [1.82, 2.24) is 9.62 Å². The molecule has 150 valence electrons. The first-order valence-electron chi connectivity index (χ1n) is 8.72. The number of rotatable bonds is 4. The highest BCUT2D eigenvalue weighted by Crippen LogP contribution is 2.32. The van der Waals surface area contributed by atoms with Crippen molar-refractivity contribution in [1.29, 1.82) is 0 Å². The summed E-state index contributed by atoms with van der Waals surface area (Å²) in [7, 11) is -3.62. The predicted octanol–water partition coefficient (Wildman–Crippen LogP) is 3.29. The van der Waals surface area contributed by atoms with E-state index in [0.29, 0.717) is 12.8 Å². The molecule has 0 aromatic heterocycles. The Balaban J connectivity index is 1.65.